The van der Waals surface area contributed by atoms with Crippen LogP contribution in [0.3, 0.4) is 0 Å². The molecule has 0 spiro atoms. The second-order valence-electron chi connectivity index (χ2n) is 6.64. The van der Waals surface area contributed by atoms with Crippen molar-refractivity contribution in [3.05, 3.63) is 71.8 Å². The summed E-state index contributed by atoms with van der Waals surface area (Å²) in [6.07, 6.45) is 1.28. The number of carbonyl (C=O) groups is 3. The lowest BCUT2D eigenvalue weighted by Gasteiger charge is -2.13. The number of aromatic amines is 1. The minimum Gasteiger partial charge on any atom is -0.378 e. The zero-order chi connectivity index (χ0) is 21.7. The van der Waals surface area contributed by atoms with Crippen molar-refractivity contribution in [3.8, 4) is 0 Å². The number of benzene rings is 2. The molecule has 9 heteroatoms. The molecule has 0 saturated heterocycles. The average Bonchev–Trinajstić information content (AvgIpc) is 3.24. The number of anilines is 3. The van der Waals surface area contributed by atoms with Crippen LogP contribution in [0.15, 0.2) is 54.9 Å². The van der Waals surface area contributed by atoms with Gasteiger partial charge in [-0.1, -0.05) is 6.07 Å². The molecule has 0 aliphatic rings. The summed E-state index contributed by atoms with van der Waals surface area (Å²) >= 11 is 0. The third-order valence-corrected chi connectivity index (χ3v) is 4.33. The van der Waals surface area contributed by atoms with Crippen LogP contribution in [0.25, 0.3) is 0 Å². The fourth-order valence-electron chi connectivity index (χ4n) is 2.72. The molecule has 0 unspecified atom stereocenters. The molecule has 9 nitrogen and oxygen atoms in total. The predicted octanol–water partition coefficient (Wildman–Crippen LogP) is 2.34. The van der Waals surface area contributed by atoms with Crippen LogP contribution in [-0.2, 0) is 0 Å². The largest absolute Gasteiger partial charge is 0.378 e. The van der Waals surface area contributed by atoms with Crippen molar-refractivity contribution in [3.63, 3.8) is 0 Å². The molecular formula is C21H22N6O3. The number of imidazole rings is 1. The van der Waals surface area contributed by atoms with Gasteiger partial charge in [0.15, 0.2) is 5.69 Å². The first-order valence-electron chi connectivity index (χ1n) is 9.14. The maximum Gasteiger partial charge on any atom is 0.274 e. The van der Waals surface area contributed by atoms with Gasteiger partial charge in [-0.15, -0.1) is 0 Å². The van der Waals surface area contributed by atoms with E-state index in [0.29, 0.717) is 16.9 Å². The van der Waals surface area contributed by atoms with Crippen LogP contribution in [0.5, 0.6) is 0 Å². The normalized spacial score (nSPS) is 10.2. The molecule has 0 saturated carbocycles. The Bertz CT molecular complexity index is 1070. The molecule has 3 amide bonds. The van der Waals surface area contributed by atoms with Gasteiger partial charge in [-0.05, 0) is 42.5 Å². The van der Waals surface area contributed by atoms with E-state index < -0.39 is 11.8 Å². The number of amides is 3. The molecule has 1 aromatic heterocycles. The third-order valence-electron chi connectivity index (χ3n) is 4.33. The number of H-pyrrole nitrogens is 1. The van der Waals surface area contributed by atoms with Gasteiger partial charge >= 0.3 is 0 Å². The SMILES string of the molecule is CNC(=O)c1nc[nH]c1C(=O)Nc1ccc(NC(=O)c2cccc(N(C)C)c2)cc1. The van der Waals surface area contributed by atoms with Crippen LogP contribution in [0, 0.1) is 0 Å². The third kappa shape index (κ3) is 4.64. The quantitative estimate of drug-likeness (QED) is 0.501. The molecule has 4 N–H and O–H groups in total. The summed E-state index contributed by atoms with van der Waals surface area (Å²) in [4.78, 5) is 45.1. The summed E-state index contributed by atoms with van der Waals surface area (Å²) in [5.41, 5.74) is 2.63. The molecule has 0 atom stereocenters. The highest BCUT2D eigenvalue weighted by molar-refractivity contribution is 6.10. The van der Waals surface area contributed by atoms with Gasteiger partial charge in [0, 0.05) is 43.8 Å². The van der Waals surface area contributed by atoms with Gasteiger partial charge in [-0.25, -0.2) is 4.98 Å². The van der Waals surface area contributed by atoms with E-state index in [2.05, 4.69) is 25.9 Å². The van der Waals surface area contributed by atoms with Gasteiger partial charge in [0.25, 0.3) is 17.7 Å². The van der Waals surface area contributed by atoms with E-state index >= 15 is 0 Å². The van der Waals surface area contributed by atoms with Crippen LogP contribution in [0.2, 0.25) is 0 Å². The van der Waals surface area contributed by atoms with Crippen LogP contribution in [0.4, 0.5) is 17.1 Å². The molecular weight excluding hydrogens is 384 g/mol. The van der Waals surface area contributed by atoms with Crippen molar-refractivity contribution < 1.29 is 14.4 Å². The predicted molar refractivity (Wildman–Crippen MR) is 115 cm³/mol. The highest BCUT2D eigenvalue weighted by atomic mass is 16.2. The Morgan fingerprint density at radius 1 is 0.900 bits per heavy atom. The van der Waals surface area contributed by atoms with Crippen molar-refractivity contribution in [2.24, 2.45) is 0 Å². The van der Waals surface area contributed by atoms with Crippen molar-refractivity contribution in [2.45, 2.75) is 0 Å². The zero-order valence-electron chi connectivity index (χ0n) is 16.8. The van der Waals surface area contributed by atoms with E-state index in [0.717, 1.165) is 5.69 Å². The molecule has 1 heterocycles. The van der Waals surface area contributed by atoms with E-state index in [1.54, 1.807) is 36.4 Å². The number of carbonyl (C=O) groups excluding carboxylic acids is 3. The first kappa shape index (κ1) is 20.6. The second-order valence-corrected chi connectivity index (χ2v) is 6.64. The minimum atomic E-state index is -0.497. The van der Waals surface area contributed by atoms with Crippen LogP contribution < -0.4 is 20.9 Å². The highest BCUT2D eigenvalue weighted by Crippen LogP contribution is 2.18. The molecule has 154 valence electrons. The fourth-order valence-corrected chi connectivity index (χ4v) is 2.72. The number of hydrogen-bond acceptors (Lipinski definition) is 5. The second kappa shape index (κ2) is 8.91. The molecule has 0 bridgehead atoms. The Balaban J connectivity index is 1.66. The topological polar surface area (TPSA) is 119 Å². The highest BCUT2D eigenvalue weighted by Gasteiger charge is 2.19. The van der Waals surface area contributed by atoms with E-state index in [9.17, 15) is 14.4 Å². The van der Waals surface area contributed by atoms with Gasteiger partial charge in [-0.3, -0.25) is 14.4 Å². The van der Waals surface area contributed by atoms with Gasteiger partial charge < -0.3 is 25.8 Å². The van der Waals surface area contributed by atoms with Crippen molar-refractivity contribution >= 4 is 34.8 Å². The number of hydrogen-bond donors (Lipinski definition) is 4. The average molecular weight is 406 g/mol. The van der Waals surface area contributed by atoms with Gasteiger partial charge in [0.1, 0.15) is 5.69 Å². The maximum absolute atomic E-state index is 12.5. The first-order valence-corrected chi connectivity index (χ1v) is 9.14. The molecule has 2 aromatic carbocycles. The lowest BCUT2D eigenvalue weighted by molar-refractivity contribution is 0.0943. The molecule has 30 heavy (non-hydrogen) atoms. The summed E-state index contributed by atoms with van der Waals surface area (Å²) in [6, 6.07) is 13.9. The molecule has 0 aliphatic carbocycles. The summed E-state index contributed by atoms with van der Waals surface area (Å²) in [6.45, 7) is 0. The summed E-state index contributed by atoms with van der Waals surface area (Å²) in [7, 11) is 5.28. The molecule has 0 fully saturated rings. The Morgan fingerprint density at radius 2 is 1.53 bits per heavy atom. The number of nitrogens with one attached hydrogen (secondary N) is 4. The number of rotatable bonds is 6. The van der Waals surface area contributed by atoms with Gasteiger partial charge in [0.05, 0.1) is 6.33 Å². The Hall–Kier alpha value is -4.14. The fraction of sp³-hybridized carbons (Fsp3) is 0.143. The minimum absolute atomic E-state index is 0.0128. The van der Waals surface area contributed by atoms with Crippen molar-refractivity contribution in [2.75, 3.05) is 36.7 Å². The van der Waals surface area contributed by atoms with E-state index in [4.69, 9.17) is 0 Å². The zero-order valence-corrected chi connectivity index (χ0v) is 16.8. The van der Waals surface area contributed by atoms with E-state index in [1.165, 1.54) is 13.4 Å². The van der Waals surface area contributed by atoms with Crippen LogP contribution in [0.1, 0.15) is 31.3 Å². The number of nitrogens with zero attached hydrogens (tertiary/aromatic N) is 2. The molecule has 3 rings (SSSR count). The smallest absolute Gasteiger partial charge is 0.274 e. The van der Waals surface area contributed by atoms with Crippen LogP contribution in [-0.4, -0.2) is 48.8 Å². The van der Waals surface area contributed by atoms with E-state index in [-0.39, 0.29) is 17.3 Å². The monoisotopic (exact) mass is 406 g/mol. The van der Waals surface area contributed by atoms with Gasteiger partial charge in [0.2, 0.25) is 0 Å². The Morgan fingerprint density at radius 3 is 2.13 bits per heavy atom. The van der Waals surface area contributed by atoms with Crippen molar-refractivity contribution in [1.82, 2.24) is 15.3 Å². The number of aromatic nitrogens is 2. The Kier molecular flexibility index (Phi) is 6.11. The molecule has 0 aliphatic heterocycles. The summed E-state index contributed by atoms with van der Waals surface area (Å²) in [5, 5.41) is 7.94. The lowest BCUT2D eigenvalue weighted by atomic mass is 10.1. The first-order chi connectivity index (χ1) is 14.4. The standard InChI is InChI=1S/C21H22N6O3/c1-22-20(29)17-18(24-12-23-17)21(30)26-15-9-7-14(8-10-15)25-19(28)13-5-4-6-16(11-13)27(2)3/h4-12H,1-3H3,(H,22,29)(H,23,24)(H,25,28)(H,26,30). The lowest BCUT2D eigenvalue weighted by Crippen LogP contribution is -2.23. The molecule has 0 radical (unpaired) electrons. The summed E-state index contributed by atoms with van der Waals surface area (Å²) in [5.74, 6) is -1.19. The Labute approximate surface area is 173 Å². The summed E-state index contributed by atoms with van der Waals surface area (Å²) < 4.78 is 0. The van der Waals surface area contributed by atoms with Crippen molar-refractivity contribution in [1.29, 1.82) is 0 Å². The molecule has 3 aromatic rings. The van der Waals surface area contributed by atoms with Gasteiger partial charge in [-0.2, -0.15) is 0 Å². The van der Waals surface area contributed by atoms with E-state index in [1.807, 2.05) is 31.1 Å². The maximum atomic E-state index is 12.5. The van der Waals surface area contributed by atoms with Crippen LogP contribution >= 0.6 is 0 Å².